The van der Waals surface area contributed by atoms with Crippen molar-refractivity contribution in [2.24, 2.45) is 0 Å². The van der Waals surface area contributed by atoms with Gasteiger partial charge in [0.2, 0.25) is 0 Å². The minimum absolute atomic E-state index is 0.00745. The zero-order valence-electron chi connectivity index (χ0n) is 8.83. The molecule has 1 atom stereocenters. The molecule has 1 aliphatic rings. The Morgan fingerprint density at radius 3 is 2.93 bits per heavy atom. The summed E-state index contributed by atoms with van der Waals surface area (Å²) >= 11 is 5.53. The molecule has 5 heteroatoms. The van der Waals surface area contributed by atoms with Gasteiger partial charge in [0.05, 0.1) is 18.8 Å². The number of rotatable bonds is 2. The number of hydrogen-bond acceptors (Lipinski definition) is 4. The van der Waals surface area contributed by atoms with E-state index in [-0.39, 0.29) is 11.7 Å². The van der Waals surface area contributed by atoms with E-state index in [0.29, 0.717) is 36.0 Å². The van der Waals surface area contributed by atoms with Gasteiger partial charge < -0.3 is 14.2 Å². The summed E-state index contributed by atoms with van der Waals surface area (Å²) in [6.07, 6.45) is 2.01. The fourth-order valence-electron chi connectivity index (χ4n) is 1.28. The molecule has 0 saturated carbocycles. The molecule has 1 fully saturated rings. The molecule has 0 aromatic heterocycles. The Morgan fingerprint density at radius 1 is 1.64 bits per heavy atom. The summed E-state index contributed by atoms with van der Waals surface area (Å²) < 4.78 is 17.2. The standard InChI is InChI=1S/C9H18O3S2/c1-9(2)6-10-4-7(12-9)5-11-8(13)14-3/h7H,4-6,14H2,1-3H3. The van der Waals surface area contributed by atoms with E-state index in [1.54, 1.807) is 0 Å². The Labute approximate surface area is 94.5 Å². The maximum atomic E-state index is 5.76. The summed E-state index contributed by atoms with van der Waals surface area (Å²) in [5.41, 5.74) is -0.206. The molecule has 0 radical (unpaired) electrons. The summed E-state index contributed by atoms with van der Waals surface area (Å²) in [7, 11) is 0. The number of ether oxygens (including phenoxy) is 3. The van der Waals surface area contributed by atoms with Gasteiger partial charge in [-0.05, 0) is 32.3 Å². The van der Waals surface area contributed by atoms with E-state index in [2.05, 4.69) is 0 Å². The predicted molar refractivity (Wildman–Crippen MR) is 64.6 cm³/mol. The third-order valence-corrected chi connectivity index (χ3v) is 3.13. The highest BCUT2D eigenvalue weighted by Gasteiger charge is 2.29. The lowest BCUT2D eigenvalue weighted by molar-refractivity contribution is -0.190. The molecule has 0 aliphatic carbocycles. The maximum absolute atomic E-state index is 5.76. The highest BCUT2D eigenvalue weighted by Crippen LogP contribution is 2.19. The average molecular weight is 238 g/mol. The molecule has 0 bridgehead atoms. The van der Waals surface area contributed by atoms with Crippen LogP contribution in [-0.4, -0.2) is 42.2 Å². The van der Waals surface area contributed by atoms with Crippen LogP contribution in [0.3, 0.4) is 0 Å². The Bertz CT molecular complexity index is 206. The van der Waals surface area contributed by atoms with E-state index in [1.807, 2.05) is 20.1 Å². The van der Waals surface area contributed by atoms with Crippen molar-refractivity contribution in [2.75, 3.05) is 26.1 Å². The van der Waals surface area contributed by atoms with Gasteiger partial charge in [0.15, 0.2) is 4.38 Å². The van der Waals surface area contributed by atoms with Crippen LogP contribution in [0.25, 0.3) is 0 Å². The first kappa shape index (κ1) is 12.2. The Kier molecular flexibility index (Phi) is 4.63. The van der Waals surface area contributed by atoms with E-state index >= 15 is 0 Å². The first-order valence-corrected chi connectivity index (χ1v) is 6.54. The lowest BCUT2D eigenvalue weighted by Crippen LogP contribution is -2.45. The van der Waals surface area contributed by atoms with Gasteiger partial charge in [-0.1, -0.05) is 0 Å². The second-order valence-electron chi connectivity index (χ2n) is 3.86. The van der Waals surface area contributed by atoms with Crippen LogP contribution < -0.4 is 0 Å². The van der Waals surface area contributed by atoms with E-state index < -0.39 is 0 Å². The zero-order chi connectivity index (χ0) is 10.6. The van der Waals surface area contributed by atoms with Crippen LogP contribution in [0.5, 0.6) is 0 Å². The second kappa shape index (κ2) is 5.30. The normalized spacial score (nSPS) is 27.2. The van der Waals surface area contributed by atoms with Crippen LogP contribution >= 0.6 is 24.0 Å². The van der Waals surface area contributed by atoms with Crippen LogP contribution in [-0.2, 0) is 14.2 Å². The summed E-state index contributed by atoms with van der Waals surface area (Å²) in [6, 6.07) is 0. The molecule has 1 rings (SSSR count). The van der Waals surface area contributed by atoms with E-state index in [0.717, 1.165) is 0 Å². The van der Waals surface area contributed by atoms with Crippen molar-refractivity contribution in [1.29, 1.82) is 0 Å². The van der Waals surface area contributed by atoms with Gasteiger partial charge in [-0.3, -0.25) is 0 Å². The third kappa shape index (κ3) is 4.13. The van der Waals surface area contributed by atoms with E-state index in [4.69, 9.17) is 26.4 Å². The highest BCUT2D eigenvalue weighted by molar-refractivity contribution is 8.22. The van der Waals surface area contributed by atoms with Crippen LogP contribution in [0.4, 0.5) is 0 Å². The number of thiocarbonyl (C=S) groups is 1. The highest BCUT2D eigenvalue weighted by atomic mass is 32.2. The predicted octanol–water partition coefficient (Wildman–Crippen LogP) is 1.31. The molecular formula is C9H18O3S2. The Morgan fingerprint density at radius 2 is 2.36 bits per heavy atom. The van der Waals surface area contributed by atoms with Crippen molar-refractivity contribution in [3.05, 3.63) is 0 Å². The molecule has 0 aromatic carbocycles. The van der Waals surface area contributed by atoms with E-state index in [9.17, 15) is 0 Å². The van der Waals surface area contributed by atoms with Gasteiger partial charge >= 0.3 is 0 Å². The van der Waals surface area contributed by atoms with Gasteiger partial charge in [0, 0.05) is 0 Å². The van der Waals surface area contributed by atoms with Gasteiger partial charge in [-0.15, -0.1) is 0 Å². The molecule has 14 heavy (non-hydrogen) atoms. The molecule has 0 spiro atoms. The van der Waals surface area contributed by atoms with Crippen molar-refractivity contribution >= 4 is 28.4 Å². The first-order chi connectivity index (χ1) is 6.53. The second-order valence-corrected chi connectivity index (χ2v) is 5.55. The monoisotopic (exact) mass is 238 g/mol. The van der Waals surface area contributed by atoms with Crippen LogP contribution in [0.2, 0.25) is 0 Å². The van der Waals surface area contributed by atoms with Crippen LogP contribution in [0.15, 0.2) is 0 Å². The summed E-state index contributed by atoms with van der Waals surface area (Å²) in [6.45, 7) is 5.77. The Balaban J connectivity index is 2.28. The molecule has 3 nitrogen and oxygen atoms in total. The fourth-order valence-corrected chi connectivity index (χ4v) is 1.57. The lowest BCUT2D eigenvalue weighted by atomic mass is 10.1. The molecule has 1 saturated heterocycles. The maximum Gasteiger partial charge on any atom is 0.196 e. The van der Waals surface area contributed by atoms with Gasteiger partial charge in [0.25, 0.3) is 0 Å². The molecule has 0 amide bonds. The van der Waals surface area contributed by atoms with E-state index in [1.165, 1.54) is 0 Å². The molecule has 1 heterocycles. The summed E-state index contributed by atoms with van der Waals surface area (Å²) in [5, 5.41) is 0. The molecular weight excluding hydrogens is 220 g/mol. The molecule has 0 aromatic rings. The quantitative estimate of drug-likeness (QED) is 0.678. The minimum atomic E-state index is -0.206. The van der Waals surface area contributed by atoms with Crippen molar-refractivity contribution < 1.29 is 14.2 Å². The molecule has 1 aliphatic heterocycles. The Hall–Kier alpha value is 0.160. The van der Waals surface area contributed by atoms with Gasteiger partial charge in [-0.25, -0.2) is 0 Å². The largest absolute Gasteiger partial charge is 0.477 e. The molecule has 84 valence electrons. The smallest absolute Gasteiger partial charge is 0.196 e. The van der Waals surface area contributed by atoms with Crippen molar-refractivity contribution in [2.45, 2.75) is 25.6 Å². The SMILES string of the molecule is C[SH2]C(=S)OCC1COCC(C)(C)O1. The van der Waals surface area contributed by atoms with Crippen LogP contribution in [0, 0.1) is 0 Å². The van der Waals surface area contributed by atoms with Crippen LogP contribution in [0.1, 0.15) is 13.8 Å². The average Bonchev–Trinajstić information content (AvgIpc) is 2.12. The van der Waals surface area contributed by atoms with Gasteiger partial charge in [-0.2, -0.15) is 11.8 Å². The molecule has 1 unspecified atom stereocenters. The van der Waals surface area contributed by atoms with Crippen molar-refractivity contribution in [3.8, 4) is 0 Å². The zero-order valence-corrected chi connectivity index (χ0v) is 10.6. The van der Waals surface area contributed by atoms with Gasteiger partial charge in [0.1, 0.15) is 12.7 Å². The lowest BCUT2D eigenvalue weighted by Gasteiger charge is -2.35. The summed E-state index contributed by atoms with van der Waals surface area (Å²) in [5.74, 6) is 0. The third-order valence-electron chi connectivity index (χ3n) is 1.84. The van der Waals surface area contributed by atoms with Crippen molar-refractivity contribution in [1.82, 2.24) is 0 Å². The van der Waals surface area contributed by atoms with Crippen molar-refractivity contribution in [3.63, 3.8) is 0 Å². The fraction of sp³-hybridized carbons (Fsp3) is 0.889. The minimum Gasteiger partial charge on any atom is -0.477 e. The number of hydrogen-bond donors (Lipinski definition) is 0. The molecule has 0 N–H and O–H groups in total. The summed E-state index contributed by atoms with van der Waals surface area (Å²) in [4.78, 5) is 0. The first-order valence-electron chi connectivity index (χ1n) is 4.63. The topological polar surface area (TPSA) is 27.7 Å².